The Hall–Kier alpha value is -0.125. The lowest BCUT2D eigenvalue weighted by Crippen LogP contribution is -2.38. The summed E-state index contributed by atoms with van der Waals surface area (Å²) in [5, 5.41) is 0. The van der Waals surface area contributed by atoms with E-state index in [4.69, 9.17) is 22.1 Å². The van der Waals surface area contributed by atoms with Gasteiger partial charge in [0.1, 0.15) is 6.10 Å². The molecule has 0 unspecified atom stereocenters. The molecule has 0 bridgehead atoms. The van der Waals surface area contributed by atoms with Gasteiger partial charge in [0.15, 0.2) is 13.6 Å². The van der Waals surface area contributed by atoms with Gasteiger partial charge in [-0.1, -0.05) is 6.92 Å². The van der Waals surface area contributed by atoms with Crippen LogP contribution in [0.4, 0.5) is 4.39 Å². The van der Waals surface area contributed by atoms with Crippen LogP contribution in [0, 0.1) is 0 Å². The van der Waals surface area contributed by atoms with Crippen LogP contribution in [0.25, 0.3) is 0 Å². The van der Waals surface area contributed by atoms with Crippen molar-refractivity contribution in [3.63, 3.8) is 0 Å². The first-order valence-corrected chi connectivity index (χ1v) is 6.15. The molecule has 2 radical (unpaired) electrons. The van der Waals surface area contributed by atoms with Crippen molar-refractivity contribution in [2.75, 3.05) is 13.2 Å². The van der Waals surface area contributed by atoms with Gasteiger partial charge in [-0.15, -0.1) is 0 Å². The molecule has 3 nitrogen and oxygen atoms in total. The van der Waals surface area contributed by atoms with Gasteiger partial charge in [0.25, 0.3) is 0 Å². The van der Waals surface area contributed by atoms with Crippen LogP contribution < -0.4 is 0 Å². The molecule has 0 aromatic heterocycles. The molecular formula is C12H24BFO3. The van der Waals surface area contributed by atoms with Crippen LogP contribution in [0.1, 0.15) is 41.0 Å². The maximum atomic E-state index is 13.6. The lowest BCUT2D eigenvalue weighted by atomic mass is 9.94. The molecule has 0 aliphatic carbocycles. The third-order valence-corrected chi connectivity index (χ3v) is 2.08. The third-order valence-electron chi connectivity index (χ3n) is 2.08. The van der Waals surface area contributed by atoms with Crippen LogP contribution in [-0.4, -0.2) is 45.1 Å². The van der Waals surface area contributed by atoms with Crippen molar-refractivity contribution in [3.05, 3.63) is 0 Å². The Labute approximate surface area is 105 Å². The highest BCUT2D eigenvalue weighted by Gasteiger charge is 2.26. The molecule has 0 aliphatic heterocycles. The zero-order valence-corrected chi connectivity index (χ0v) is 11.5. The van der Waals surface area contributed by atoms with Crippen LogP contribution in [0.5, 0.6) is 0 Å². The lowest BCUT2D eigenvalue weighted by molar-refractivity contribution is -0.167. The van der Waals surface area contributed by atoms with E-state index in [1.165, 1.54) is 0 Å². The minimum atomic E-state index is -2.12. The van der Waals surface area contributed by atoms with Crippen LogP contribution in [0.3, 0.4) is 0 Å². The standard InChI is InChI=1S/C12H24BFO3/c1-6-12(13,14)17-11(7-15-9(2)3)8-16-10(4)5/h9-11H,6-8H2,1-5H3/t12-/m1/s1. The summed E-state index contributed by atoms with van der Waals surface area (Å²) < 4.78 is 29.5. The number of rotatable bonds is 9. The Morgan fingerprint density at radius 1 is 1.06 bits per heavy atom. The van der Waals surface area contributed by atoms with E-state index in [0.717, 1.165) is 0 Å². The van der Waals surface area contributed by atoms with Gasteiger partial charge < -0.3 is 14.2 Å². The molecule has 0 aromatic carbocycles. The predicted octanol–water partition coefficient (Wildman–Crippen LogP) is 2.42. The minimum Gasteiger partial charge on any atom is -0.376 e. The number of hydrogen-bond donors (Lipinski definition) is 0. The highest BCUT2D eigenvalue weighted by Crippen LogP contribution is 2.16. The fraction of sp³-hybridized carbons (Fsp3) is 1.00. The SMILES string of the molecule is [B][C@@](F)(CC)OC(COC(C)C)COC(C)C. The summed E-state index contributed by atoms with van der Waals surface area (Å²) in [6, 6.07) is 0. The van der Waals surface area contributed by atoms with Gasteiger partial charge in [-0.05, 0) is 34.1 Å². The normalized spacial score (nSPS) is 15.8. The van der Waals surface area contributed by atoms with Gasteiger partial charge in [-0.3, -0.25) is 0 Å². The fourth-order valence-corrected chi connectivity index (χ4v) is 1.08. The number of hydrogen-bond acceptors (Lipinski definition) is 3. The van der Waals surface area contributed by atoms with Gasteiger partial charge in [-0.2, -0.15) is 0 Å². The lowest BCUT2D eigenvalue weighted by Gasteiger charge is -2.28. The summed E-state index contributed by atoms with van der Waals surface area (Å²) in [6.45, 7) is 9.80. The molecule has 1 atom stereocenters. The molecule has 0 amide bonds. The maximum Gasteiger partial charge on any atom is 0.161 e. The number of ether oxygens (including phenoxy) is 3. The van der Waals surface area contributed by atoms with Crippen molar-refractivity contribution in [2.24, 2.45) is 0 Å². The molecule has 0 N–H and O–H groups in total. The zero-order chi connectivity index (χ0) is 13.5. The van der Waals surface area contributed by atoms with Gasteiger partial charge >= 0.3 is 0 Å². The molecule has 100 valence electrons. The second kappa shape index (κ2) is 8.06. The quantitative estimate of drug-likeness (QED) is 0.585. The molecule has 0 rings (SSSR count). The van der Waals surface area contributed by atoms with Crippen molar-refractivity contribution in [3.8, 4) is 0 Å². The molecule has 0 aliphatic rings. The molecular weight excluding hydrogens is 222 g/mol. The zero-order valence-electron chi connectivity index (χ0n) is 11.5. The average molecular weight is 246 g/mol. The van der Waals surface area contributed by atoms with E-state index in [0.29, 0.717) is 0 Å². The largest absolute Gasteiger partial charge is 0.376 e. The van der Waals surface area contributed by atoms with Gasteiger partial charge in [0, 0.05) is 0 Å². The van der Waals surface area contributed by atoms with E-state index in [1.54, 1.807) is 6.92 Å². The van der Waals surface area contributed by atoms with E-state index >= 15 is 0 Å². The summed E-state index contributed by atoms with van der Waals surface area (Å²) in [7, 11) is 5.33. The van der Waals surface area contributed by atoms with E-state index in [9.17, 15) is 4.39 Å². The van der Waals surface area contributed by atoms with E-state index in [-0.39, 0.29) is 31.8 Å². The summed E-state index contributed by atoms with van der Waals surface area (Å²) in [4.78, 5) is 0. The summed E-state index contributed by atoms with van der Waals surface area (Å²) in [6.07, 6.45) is -0.274. The Balaban J connectivity index is 4.19. The predicted molar refractivity (Wildman–Crippen MR) is 66.9 cm³/mol. The first-order chi connectivity index (χ1) is 7.76. The highest BCUT2D eigenvalue weighted by atomic mass is 19.2. The average Bonchev–Trinajstić information content (AvgIpc) is 2.21. The van der Waals surface area contributed by atoms with Gasteiger partial charge in [-0.25, -0.2) is 4.39 Å². The number of halogens is 1. The summed E-state index contributed by atoms with van der Waals surface area (Å²) >= 11 is 0. The topological polar surface area (TPSA) is 27.7 Å². The van der Waals surface area contributed by atoms with Crippen LogP contribution in [0.2, 0.25) is 0 Å². The fourth-order valence-electron chi connectivity index (χ4n) is 1.08. The van der Waals surface area contributed by atoms with Gasteiger partial charge in [0.05, 0.1) is 25.4 Å². The minimum absolute atomic E-state index is 0.0635. The molecule has 5 heteroatoms. The molecule has 0 fully saturated rings. The monoisotopic (exact) mass is 246 g/mol. The van der Waals surface area contributed by atoms with E-state index in [2.05, 4.69) is 0 Å². The first kappa shape index (κ1) is 16.9. The van der Waals surface area contributed by atoms with Gasteiger partial charge in [0.2, 0.25) is 0 Å². The van der Waals surface area contributed by atoms with Crippen LogP contribution >= 0.6 is 0 Å². The maximum absolute atomic E-state index is 13.6. The van der Waals surface area contributed by atoms with Crippen LogP contribution in [0.15, 0.2) is 0 Å². The van der Waals surface area contributed by atoms with E-state index < -0.39 is 11.9 Å². The second-order valence-electron chi connectivity index (χ2n) is 4.64. The second-order valence-corrected chi connectivity index (χ2v) is 4.64. The Morgan fingerprint density at radius 2 is 1.47 bits per heavy atom. The summed E-state index contributed by atoms with van der Waals surface area (Å²) in [5.41, 5.74) is 0. The Bertz CT molecular complexity index is 186. The van der Waals surface area contributed by atoms with Crippen molar-refractivity contribution in [1.29, 1.82) is 0 Å². The van der Waals surface area contributed by atoms with Crippen molar-refractivity contribution < 1.29 is 18.6 Å². The van der Waals surface area contributed by atoms with Crippen molar-refractivity contribution in [1.82, 2.24) is 0 Å². The van der Waals surface area contributed by atoms with E-state index in [1.807, 2.05) is 27.7 Å². The van der Waals surface area contributed by atoms with Crippen molar-refractivity contribution in [2.45, 2.75) is 65.1 Å². The summed E-state index contributed by atoms with van der Waals surface area (Å²) in [5.74, 6) is -2.12. The molecule has 0 spiro atoms. The molecule has 0 heterocycles. The van der Waals surface area contributed by atoms with Crippen LogP contribution in [-0.2, 0) is 14.2 Å². The Morgan fingerprint density at radius 3 is 1.76 bits per heavy atom. The Kier molecular flexibility index (Phi) is 8.00. The molecule has 0 aromatic rings. The smallest absolute Gasteiger partial charge is 0.161 e. The molecule has 17 heavy (non-hydrogen) atoms. The number of alkyl halides is 1. The highest BCUT2D eigenvalue weighted by molar-refractivity contribution is 6.13. The first-order valence-electron chi connectivity index (χ1n) is 6.15. The van der Waals surface area contributed by atoms with Crippen molar-refractivity contribution >= 4 is 7.85 Å². The third kappa shape index (κ3) is 9.56. The molecule has 0 saturated carbocycles. The molecule has 0 saturated heterocycles.